The molecule has 1 aliphatic rings. The normalized spacial score (nSPS) is 26.4. The first-order valence-electron chi connectivity index (χ1n) is 6.88. The van der Waals surface area contributed by atoms with Crippen molar-refractivity contribution in [2.75, 3.05) is 5.73 Å². The smallest absolute Gasteiger partial charge is 0.251 e. The summed E-state index contributed by atoms with van der Waals surface area (Å²) in [6.07, 6.45) is 3.44. The maximum absolute atomic E-state index is 12.2. The van der Waals surface area contributed by atoms with E-state index in [1.807, 2.05) is 0 Å². The number of anilines is 1. The van der Waals surface area contributed by atoms with Crippen molar-refractivity contribution >= 4 is 23.2 Å². The van der Waals surface area contributed by atoms with Crippen molar-refractivity contribution in [3.05, 3.63) is 28.8 Å². The van der Waals surface area contributed by atoms with Crippen molar-refractivity contribution in [3.63, 3.8) is 0 Å². The molecule has 3 N–H and O–H groups in total. The van der Waals surface area contributed by atoms with Crippen molar-refractivity contribution in [3.8, 4) is 0 Å². The fraction of sp³-hybridized carbons (Fsp3) is 0.533. The lowest BCUT2D eigenvalue weighted by molar-refractivity contribution is 0.0926. The van der Waals surface area contributed by atoms with E-state index in [4.69, 9.17) is 17.3 Å². The molecule has 4 heteroatoms. The minimum atomic E-state index is -0.0597. The predicted octanol–water partition coefficient (Wildman–Crippen LogP) is 3.48. The maximum Gasteiger partial charge on any atom is 0.251 e. The van der Waals surface area contributed by atoms with Gasteiger partial charge in [-0.1, -0.05) is 31.9 Å². The Morgan fingerprint density at radius 3 is 2.79 bits per heavy atom. The average molecular weight is 281 g/mol. The molecule has 0 radical (unpaired) electrons. The molecular weight excluding hydrogens is 260 g/mol. The third-order valence-electron chi connectivity index (χ3n) is 4.33. The van der Waals surface area contributed by atoms with Crippen molar-refractivity contribution in [2.45, 2.75) is 39.2 Å². The summed E-state index contributed by atoms with van der Waals surface area (Å²) in [6.45, 7) is 4.44. The van der Waals surface area contributed by atoms with Crippen LogP contribution in [0, 0.1) is 11.8 Å². The Morgan fingerprint density at radius 1 is 1.47 bits per heavy atom. The van der Waals surface area contributed by atoms with Gasteiger partial charge < -0.3 is 11.1 Å². The minimum absolute atomic E-state index is 0.0597. The summed E-state index contributed by atoms with van der Waals surface area (Å²) in [6, 6.07) is 5.29. The molecule has 1 fully saturated rings. The SMILES string of the molecule is CCC1CCC(NC(=O)c2ccc(N)c(Cl)c2)C1C. The van der Waals surface area contributed by atoms with Gasteiger partial charge in [-0.2, -0.15) is 0 Å². The zero-order valence-corrected chi connectivity index (χ0v) is 12.2. The van der Waals surface area contributed by atoms with Crippen LogP contribution < -0.4 is 11.1 Å². The van der Waals surface area contributed by atoms with Gasteiger partial charge in [0.25, 0.3) is 5.91 Å². The zero-order chi connectivity index (χ0) is 14.0. The molecule has 2 rings (SSSR count). The Kier molecular flexibility index (Phi) is 4.35. The Balaban J connectivity index is 2.03. The highest BCUT2D eigenvalue weighted by molar-refractivity contribution is 6.33. The number of amides is 1. The van der Waals surface area contributed by atoms with Crippen LogP contribution in [0.2, 0.25) is 5.02 Å². The Morgan fingerprint density at radius 2 is 2.21 bits per heavy atom. The Labute approximate surface area is 119 Å². The van der Waals surface area contributed by atoms with E-state index in [-0.39, 0.29) is 11.9 Å². The average Bonchev–Trinajstić information content (AvgIpc) is 2.73. The molecule has 3 nitrogen and oxygen atoms in total. The van der Waals surface area contributed by atoms with Crippen LogP contribution in [0.1, 0.15) is 43.5 Å². The van der Waals surface area contributed by atoms with Crippen LogP contribution in [0.15, 0.2) is 18.2 Å². The number of nitrogens with one attached hydrogen (secondary N) is 1. The number of carbonyl (C=O) groups is 1. The number of rotatable bonds is 3. The highest BCUT2D eigenvalue weighted by Crippen LogP contribution is 2.34. The molecule has 1 aromatic carbocycles. The summed E-state index contributed by atoms with van der Waals surface area (Å²) >= 11 is 5.94. The van der Waals surface area contributed by atoms with Crippen LogP contribution in [-0.4, -0.2) is 11.9 Å². The van der Waals surface area contributed by atoms with E-state index in [0.717, 1.165) is 12.3 Å². The molecule has 104 valence electrons. The first-order valence-corrected chi connectivity index (χ1v) is 7.26. The quantitative estimate of drug-likeness (QED) is 0.833. The topological polar surface area (TPSA) is 55.1 Å². The number of nitrogen functional groups attached to an aromatic ring is 1. The maximum atomic E-state index is 12.2. The van der Waals surface area contributed by atoms with Crippen molar-refractivity contribution in [1.82, 2.24) is 5.32 Å². The number of nitrogens with two attached hydrogens (primary N) is 1. The third kappa shape index (κ3) is 3.03. The number of carbonyl (C=O) groups excluding carboxylic acids is 1. The number of hydrogen-bond acceptors (Lipinski definition) is 2. The molecule has 1 aliphatic carbocycles. The lowest BCUT2D eigenvalue weighted by Crippen LogP contribution is -2.37. The van der Waals surface area contributed by atoms with Crippen LogP contribution in [-0.2, 0) is 0 Å². The van der Waals surface area contributed by atoms with Crippen LogP contribution >= 0.6 is 11.6 Å². The van der Waals surface area contributed by atoms with Gasteiger partial charge in [0.1, 0.15) is 0 Å². The fourth-order valence-electron chi connectivity index (χ4n) is 2.95. The largest absolute Gasteiger partial charge is 0.398 e. The second-order valence-corrected chi connectivity index (χ2v) is 5.83. The molecular formula is C15H21ClN2O. The van der Waals surface area contributed by atoms with Gasteiger partial charge in [-0.25, -0.2) is 0 Å². The van der Waals surface area contributed by atoms with Gasteiger partial charge in [0.05, 0.1) is 10.7 Å². The molecule has 19 heavy (non-hydrogen) atoms. The lowest BCUT2D eigenvalue weighted by atomic mass is 9.93. The summed E-state index contributed by atoms with van der Waals surface area (Å²) in [5.74, 6) is 1.20. The molecule has 1 aromatic rings. The Bertz CT molecular complexity index is 475. The molecule has 0 saturated heterocycles. The van der Waals surface area contributed by atoms with Gasteiger partial charge in [-0.05, 0) is 42.9 Å². The van der Waals surface area contributed by atoms with E-state index in [0.29, 0.717) is 22.2 Å². The first kappa shape index (κ1) is 14.2. The van der Waals surface area contributed by atoms with Gasteiger partial charge in [-0.15, -0.1) is 0 Å². The highest BCUT2D eigenvalue weighted by Gasteiger charge is 2.32. The minimum Gasteiger partial charge on any atom is -0.398 e. The van der Waals surface area contributed by atoms with E-state index < -0.39 is 0 Å². The second kappa shape index (κ2) is 5.83. The van der Waals surface area contributed by atoms with Crippen molar-refractivity contribution in [1.29, 1.82) is 0 Å². The second-order valence-electron chi connectivity index (χ2n) is 5.42. The van der Waals surface area contributed by atoms with Crippen molar-refractivity contribution < 1.29 is 4.79 Å². The van der Waals surface area contributed by atoms with E-state index in [1.165, 1.54) is 12.8 Å². The molecule has 1 saturated carbocycles. The van der Waals surface area contributed by atoms with E-state index in [9.17, 15) is 4.79 Å². The monoisotopic (exact) mass is 280 g/mol. The predicted molar refractivity (Wildman–Crippen MR) is 79.3 cm³/mol. The van der Waals surface area contributed by atoms with Crippen molar-refractivity contribution in [2.24, 2.45) is 11.8 Å². The van der Waals surface area contributed by atoms with Gasteiger partial charge in [0.15, 0.2) is 0 Å². The molecule has 0 spiro atoms. The fourth-order valence-corrected chi connectivity index (χ4v) is 3.13. The molecule has 3 atom stereocenters. The number of hydrogen-bond donors (Lipinski definition) is 2. The highest BCUT2D eigenvalue weighted by atomic mass is 35.5. The first-order chi connectivity index (χ1) is 9.02. The summed E-state index contributed by atoms with van der Waals surface area (Å²) in [4.78, 5) is 12.2. The summed E-state index contributed by atoms with van der Waals surface area (Å²) in [5.41, 5.74) is 6.72. The van der Waals surface area contributed by atoms with E-state index in [2.05, 4.69) is 19.2 Å². The molecule has 0 aromatic heterocycles. The molecule has 3 unspecified atom stereocenters. The summed E-state index contributed by atoms with van der Waals surface area (Å²) in [5, 5.41) is 3.55. The van der Waals surface area contributed by atoms with Crippen LogP contribution in [0.25, 0.3) is 0 Å². The molecule has 0 bridgehead atoms. The summed E-state index contributed by atoms with van der Waals surface area (Å²) in [7, 11) is 0. The summed E-state index contributed by atoms with van der Waals surface area (Å²) < 4.78 is 0. The van der Waals surface area contributed by atoms with Gasteiger partial charge in [0, 0.05) is 11.6 Å². The Hall–Kier alpha value is -1.22. The van der Waals surface area contributed by atoms with E-state index in [1.54, 1.807) is 18.2 Å². The molecule has 0 aliphatic heterocycles. The number of halogens is 1. The number of benzene rings is 1. The van der Waals surface area contributed by atoms with Crippen LogP contribution in [0.4, 0.5) is 5.69 Å². The van der Waals surface area contributed by atoms with Gasteiger partial charge >= 0.3 is 0 Å². The lowest BCUT2D eigenvalue weighted by Gasteiger charge is -2.21. The molecule has 0 heterocycles. The zero-order valence-electron chi connectivity index (χ0n) is 11.4. The standard InChI is InChI=1S/C15H21ClN2O/c1-3-10-5-7-14(9(10)2)18-15(19)11-4-6-13(17)12(16)8-11/h4,6,8-10,14H,3,5,7,17H2,1-2H3,(H,18,19). The van der Waals surface area contributed by atoms with Crippen LogP contribution in [0.3, 0.4) is 0 Å². The molecule has 1 amide bonds. The van der Waals surface area contributed by atoms with Crippen LogP contribution in [0.5, 0.6) is 0 Å². The van der Waals surface area contributed by atoms with Gasteiger partial charge in [0.2, 0.25) is 0 Å². The van der Waals surface area contributed by atoms with E-state index >= 15 is 0 Å². The van der Waals surface area contributed by atoms with Gasteiger partial charge in [-0.3, -0.25) is 4.79 Å². The third-order valence-corrected chi connectivity index (χ3v) is 4.66.